The van der Waals surface area contributed by atoms with Crippen molar-refractivity contribution in [1.29, 1.82) is 0 Å². The van der Waals surface area contributed by atoms with Crippen LogP contribution < -0.4 is 4.90 Å². The van der Waals surface area contributed by atoms with Gasteiger partial charge in [-0.15, -0.1) is 11.3 Å². The number of ether oxygens (including phenoxy) is 1. The smallest absolute Gasteiger partial charge is 0.349 e. The van der Waals surface area contributed by atoms with Crippen LogP contribution in [0.25, 0.3) is 22.5 Å². The molecule has 176 valence electrons. The van der Waals surface area contributed by atoms with Crippen molar-refractivity contribution in [3.05, 3.63) is 58.5 Å². The van der Waals surface area contributed by atoms with Crippen LogP contribution >= 0.6 is 11.3 Å². The van der Waals surface area contributed by atoms with Crippen LogP contribution in [0.2, 0.25) is 0 Å². The molecule has 0 bridgehead atoms. The van der Waals surface area contributed by atoms with Gasteiger partial charge in [-0.05, 0) is 42.6 Å². The lowest BCUT2D eigenvalue weighted by atomic mass is 10.1. The fourth-order valence-corrected chi connectivity index (χ4v) is 6.73. The molecule has 0 aliphatic carbocycles. The quantitative estimate of drug-likeness (QED) is 0.385. The minimum Gasteiger partial charge on any atom is -0.465 e. The largest absolute Gasteiger partial charge is 0.465 e. The number of aromatic nitrogens is 2. The Morgan fingerprint density at radius 3 is 2.62 bits per heavy atom. The molecule has 4 heterocycles. The number of carbonyl (C=O) groups excluding carboxylic acids is 1. The zero-order chi connectivity index (χ0) is 23.9. The molecule has 11 heteroatoms. The fourth-order valence-electron chi connectivity index (χ4n) is 4.00. The van der Waals surface area contributed by atoms with E-state index in [2.05, 4.69) is 9.88 Å². The van der Waals surface area contributed by atoms with Crippen molar-refractivity contribution in [2.45, 2.75) is 11.8 Å². The van der Waals surface area contributed by atoms with E-state index in [0.717, 1.165) is 33.6 Å². The molecule has 5 rings (SSSR count). The first-order valence-electron chi connectivity index (χ1n) is 10.6. The number of methoxy groups -OCH3 is 1. The van der Waals surface area contributed by atoms with Crippen LogP contribution in [0.15, 0.2) is 57.4 Å². The molecule has 1 aliphatic rings. The van der Waals surface area contributed by atoms with Crippen LogP contribution in [-0.4, -0.2) is 61.9 Å². The van der Waals surface area contributed by atoms with Crippen molar-refractivity contribution >= 4 is 44.1 Å². The van der Waals surface area contributed by atoms with E-state index in [4.69, 9.17) is 14.1 Å². The van der Waals surface area contributed by atoms with Crippen LogP contribution in [0.5, 0.6) is 0 Å². The number of piperazine rings is 1. The van der Waals surface area contributed by atoms with Gasteiger partial charge in [0.1, 0.15) is 15.6 Å². The number of anilines is 1. The van der Waals surface area contributed by atoms with Crippen molar-refractivity contribution in [2.24, 2.45) is 0 Å². The van der Waals surface area contributed by atoms with Crippen molar-refractivity contribution < 1.29 is 22.4 Å². The highest BCUT2D eigenvalue weighted by Gasteiger charge is 2.33. The number of furan rings is 1. The SMILES string of the molecule is COC(=O)c1sccc1S(=O)(=O)N1CCN(c2nc(-c3ccco3)nc3ccc(C)cc23)CC1. The third kappa shape index (κ3) is 3.95. The Morgan fingerprint density at radius 2 is 1.91 bits per heavy atom. The number of sulfonamides is 1. The fraction of sp³-hybridized carbons (Fsp3) is 0.261. The second-order valence-corrected chi connectivity index (χ2v) is 10.7. The molecule has 1 fully saturated rings. The van der Waals surface area contributed by atoms with Crippen molar-refractivity contribution in [2.75, 3.05) is 38.2 Å². The zero-order valence-corrected chi connectivity index (χ0v) is 20.2. The van der Waals surface area contributed by atoms with Gasteiger partial charge in [-0.3, -0.25) is 0 Å². The van der Waals surface area contributed by atoms with Gasteiger partial charge in [-0.25, -0.2) is 23.2 Å². The number of nitrogens with zero attached hydrogens (tertiary/aromatic N) is 4. The van der Waals surface area contributed by atoms with E-state index in [1.165, 1.54) is 17.5 Å². The summed E-state index contributed by atoms with van der Waals surface area (Å²) in [4.78, 5) is 23.6. The molecule has 0 unspecified atom stereocenters. The van der Waals surface area contributed by atoms with E-state index < -0.39 is 16.0 Å². The lowest BCUT2D eigenvalue weighted by Gasteiger charge is -2.35. The summed E-state index contributed by atoms with van der Waals surface area (Å²) < 4.78 is 38.2. The van der Waals surface area contributed by atoms with Crippen LogP contribution in [0.1, 0.15) is 15.2 Å². The van der Waals surface area contributed by atoms with Crippen LogP contribution in [0, 0.1) is 6.92 Å². The third-order valence-electron chi connectivity index (χ3n) is 5.73. The molecule has 0 radical (unpaired) electrons. The Bertz CT molecular complexity index is 1460. The van der Waals surface area contributed by atoms with Crippen LogP contribution in [0.4, 0.5) is 5.82 Å². The number of benzene rings is 1. The Balaban J connectivity index is 1.45. The average molecular weight is 499 g/mol. The molecule has 3 aromatic heterocycles. The van der Waals surface area contributed by atoms with Crippen molar-refractivity contribution in [3.8, 4) is 11.6 Å². The van der Waals surface area contributed by atoms with Gasteiger partial charge in [-0.2, -0.15) is 4.31 Å². The number of hydrogen-bond donors (Lipinski definition) is 0. The maximum atomic E-state index is 13.3. The van der Waals surface area contributed by atoms with Crippen molar-refractivity contribution in [1.82, 2.24) is 14.3 Å². The maximum absolute atomic E-state index is 13.3. The molecule has 1 aromatic carbocycles. The topological polar surface area (TPSA) is 106 Å². The normalized spacial score (nSPS) is 15.1. The van der Waals surface area contributed by atoms with Gasteiger partial charge in [0.25, 0.3) is 0 Å². The summed E-state index contributed by atoms with van der Waals surface area (Å²) in [6.07, 6.45) is 1.58. The minimum absolute atomic E-state index is 0.0129. The van der Waals surface area contributed by atoms with Gasteiger partial charge in [0.05, 0.1) is 18.9 Å². The molecule has 0 amide bonds. The molecular weight excluding hydrogens is 476 g/mol. The summed E-state index contributed by atoms with van der Waals surface area (Å²) >= 11 is 1.06. The average Bonchev–Trinajstić information content (AvgIpc) is 3.56. The number of esters is 1. The third-order valence-corrected chi connectivity index (χ3v) is 8.69. The number of thiophene rings is 1. The first-order chi connectivity index (χ1) is 16.4. The first-order valence-corrected chi connectivity index (χ1v) is 12.9. The second kappa shape index (κ2) is 8.82. The Labute approximate surface area is 200 Å². The van der Waals surface area contributed by atoms with E-state index in [-0.39, 0.29) is 22.9 Å². The van der Waals surface area contributed by atoms with Crippen LogP contribution in [0.3, 0.4) is 0 Å². The van der Waals surface area contributed by atoms with Gasteiger partial charge >= 0.3 is 5.97 Å². The molecule has 9 nitrogen and oxygen atoms in total. The summed E-state index contributed by atoms with van der Waals surface area (Å²) in [7, 11) is -2.60. The molecular formula is C23H22N4O5S2. The molecule has 0 saturated carbocycles. The zero-order valence-electron chi connectivity index (χ0n) is 18.6. The molecule has 4 aromatic rings. The molecule has 1 aliphatic heterocycles. The maximum Gasteiger partial charge on any atom is 0.349 e. The molecule has 0 atom stereocenters. The number of hydrogen-bond acceptors (Lipinski definition) is 9. The molecule has 0 N–H and O–H groups in total. The van der Waals surface area contributed by atoms with Gasteiger partial charge in [0.15, 0.2) is 11.6 Å². The second-order valence-electron chi connectivity index (χ2n) is 7.87. The Hall–Kier alpha value is -3.28. The minimum atomic E-state index is -3.83. The van der Waals surface area contributed by atoms with E-state index >= 15 is 0 Å². The summed E-state index contributed by atoms with van der Waals surface area (Å²) in [5, 5.41) is 2.48. The van der Waals surface area contributed by atoms with E-state index in [9.17, 15) is 13.2 Å². The lowest BCUT2D eigenvalue weighted by Crippen LogP contribution is -2.49. The summed E-state index contributed by atoms with van der Waals surface area (Å²) in [6, 6.07) is 11.0. The highest BCUT2D eigenvalue weighted by Crippen LogP contribution is 2.31. The molecule has 0 spiro atoms. The van der Waals surface area contributed by atoms with Crippen molar-refractivity contribution in [3.63, 3.8) is 0 Å². The summed E-state index contributed by atoms with van der Waals surface area (Å²) in [5.74, 6) is 1.13. The van der Waals surface area contributed by atoms with Crippen LogP contribution in [-0.2, 0) is 14.8 Å². The van der Waals surface area contributed by atoms with Gasteiger partial charge in [-0.1, -0.05) is 11.6 Å². The summed E-state index contributed by atoms with van der Waals surface area (Å²) in [5.41, 5.74) is 1.87. The highest BCUT2D eigenvalue weighted by molar-refractivity contribution is 7.89. The Morgan fingerprint density at radius 1 is 1.12 bits per heavy atom. The first kappa shape index (κ1) is 22.5. The number of rotatable bonds is 5. The lowest BCUT2D eigenvalue weighted by molar-refractivity contribution is 0.0602. The highest BCUT2D eigenvalue weighted by atomic mass is 32.2. The number of fused-ring (bicyclic) bond motifs is 1. The van der Waals surface area contributed by atoms with Gasteiger partial charge < -0.3 is 14.1 Å². The predicted octanol–water partition coefficient (Wildman–Crippen LogP) is 3.56. The number of carbonyl (C=O) groups is 1. The van der Waals surface area contributed by atoms with E-state index in [0.29, 0.717) is 24.7 Å². The molecule has 1 saturated heterocycles. The van der Waals surface area contributed by atoms with E-state index in [1.54, 1.807) is 17.7 Å². The number of aryl methyl sites for hydroxylation is 1. The Kier molecular flexibility index (Phi) is 5.84. The van der Waals surface area contributed by atoms with Gasteiger partial charge in [0.2, 0.25) is 10.0 Å². The summed E-state index contributed by atoms with van der Waals surface area (Å²) in [6.45, 7) is 3.40. The molecule has 34 heavy (non-hydrogen) atoms. The van der Waals surface area contributed by atoms with E-state index in [1.807, 2.05) is 31.2 Å². The standard InChI is InChI=1S/C23H22N4O5S2/c1-15-5-6-17-16(14-15)22(25-21(24-17)18-4-3-12-32-18)26-8-10-27(11-9-26)34(29,30)19-7-13-33-20(19)23(28)31-2/h3-7,12-14H,8-11H2,1-2H3. The predicted molar refractivity (Wildman–Crippen MR) is 129 cm³/mol. The monoisotopic (exact) mass is 498 g/mol. The van der Waals surface area contributed by atoms with Gasteiger partial charge in [0, 0.05) is 31.6 Å².